The van der Waals surface area contributed by atoms with E-state index >= 15 is 0 Å². The molecule has 7 nitrogen and oxygen atoms in total. The molecule has 0 fully saturated rings. The van der Waals surface area contributed by atoms with Crippen LogP contribution in [0.1, 0.15) is 0 Å². The normalized spacial score (nSPS) is 10.5. The van der Waals surface area contributed by atoms with Gasteiger partial charge in [0.05, 0.1) is 0 Å². The average Bonchev–Trinajstić information content (AvgIpc) is 2.34. The third kappa shape index (κ3) is 0.741. The summed E-state index contributed by atoms with van der Waals surface area (Å²) >= 11 is 0. The maximum absolute atomic E-state index is 10.9. The summed E-state index contributed by atoms with van der Waals surface area (Å²) in [6.07, 6.45) is 1.21. The van der Waals surface area contributed by atoms with Crippen molar-refractivity contribution in [2.45, 2.75) is 0 Å². The van der Waals surface area contributed by atoms with Crippen LogP contribution in [0.3, 0.4) is 0 Å². The Morgan fingerprint density at radius 3 is 3.00 bits per heavy atom. The topological polar surface area (TPSA) is 95.9 Å². The van der Waals surface area contributed by atoms with Gasteiger partial charge >= 0.3 is 11.4 Å². The zero-order chi connectivity index (χ0) is 7.84. The van der Waals surface area contributed by atoms with Crippen LogP contribution in [0.25, 0.3) is 5.78 Å². The Kier molecular flexibility index (Phi) is 0.945. The van der Waals surface area contributed by atoms with Crippen molar-refractivity contribution < 1.29 is 0 Å². The van der Waals surface area contributed by atoms with E-state index in [0.29, 0.717) is 0 Å². The van der Waals surface area contributed by atoms with E-state index in [1.165, 1.54) is 6.33 Å². The second kappa shape index (κ2) is 1.78. The summed E-state index contributed by atoms with van der Waals surface area (Å²) in [5.41, 5.74) is -1.13. The van der Waals surface area contributed by atoms with E-state index in [1.54, 1.807) is 0 Å². The molecule has 2 aromatic heterocycles. The lowest BCUT2D eigenvalue weighted by Gasteiger charge is -1.85. The van der Waals surface area contributed by atoms with Crippen LogP contribution in [0.4, 0.5) is 0 Å². The molecule has 0 aliphatic rings. The molecular weight excluding hydrogens is 150 g/mol. The van der Waals surface area contributed by atoms with Crippen LogP contribution in [-0.4, -0.2) is 24.6 Å². The molecule has 0 bridgehead atoms. The fourth-order valence-corrected chi connectivity index (χ4v) is 0.759. The molecule has 2 aromatic rings. The van der Waals surface area contributed by atoms with Gasteiger partial charge in [-0.05, 0) is 0 Å². The third-order valence-corrected chi connectivity index (χ3v) is 1.21. The maximum atomic E-state index is 10.9. The van der Waals surface area contributed by atoms with Gasteiger partial charge in [0.1, 0.15) is 6.33 Å². The molecule has 0 aliphatic heterocycles. The van der Waals surface area contributed by atoms with Crippen molar-refractivity contribution in [3.05, 3.63) is 27.3 Å². The standard InChI is InChI=1S/C4H3N5O2/c10-3-6-2-8-5-1-9(2)4(11)7-3/h1H,(H2,6,7,8,10,11). The number of rotatable bonds is 0. The van der Waals surface area contributed by atoms with Gasteiger partial charge in [0.2, 0.25) is 5.78 Å². The Morgan fingerprint density at radius 1 is 1.36 bits per heavy atom. The molecule has 0 unspecified atom stereocenters. The average molecular weight is 153 g/mol. The highest BCUT2D eigenvalue weighted by atomic mass is 16.2. The first-order valence-electron chi connectivity index (χ1n) is 2.80. The van der Waals surface area contributed by atoms with E-state index in [4.69, 9.17) is 0 Å². The van der Waals surface area contributed by atoms with Crippen molar-refractivity contribution in [3.63, 3.8) is 0 Å². The van der Waals surface area contributed by atoms with Crippen LogP contribution < -0.4 is 11.4 Å². The first-order chi connectivity index (χ1) is 5.27. The van der Waals surface area contributed by atoms with E-state index in [1.807, 2.05) is 4.98 Å². The van der Waals surface area contributed by atoms with Gasteiger partial charge in [0.25, 0.3) is 0 Å². The van der Waals surface area contributed by atoms with Crippen molar-refractivity contribution in [3.8, 4) is 0 Å². The monoisotopic (exact) mass is 153 g/mol. The van der Waals surface area contributed by atoms with E-state index in [9.17, 15) is 9.59 Å². The van der Waals surface area contributed by atoms with Gasteiger partial charge < -0.3 is 0 Å². The minimum atomic E-state index is -0.587. The lowest BCUT2D eigenvalue weighted by Crippen LogP contribution is -2.27. The second-order valence-electron chi connectivity index (χ2n) is 1.91. The summed E-state index contributed by atoms with van der Waals surface area (Å²) in [6.45, 7) is 0. The molecule has 0 spiro atoms. The number of hydrogen-bond acceptors (Lipinski definition) is 4. The number of nitrogens with one attached hydrogen (secondary N) is 2. The highest BCUT2D eigenvalue weighted by molar-refractivity contribution is 5.20. The van der Waals surface area contributed by atoms with Gasteiger partial charge in [-0.25, -0.2) is 14.0 Å². The van der Waals surface area contributed by atoms with Gasteiger partial charge in [-0.15, -0.1) is 10.2 Å². The Balaban J connectivity index is 3.15. The summed E-state index contributed by atoms with van der Waals surface area (Å²) in [7, 11) is 0. The molecular formula is C4H3N5O2. The number of aromatic amines is 2. The SMILES string of the molecule is O=c1[nH]c(=O)n2cnnc2[nH]1. The molecule has 0 amide bonds. The van der Waals surface area contributed by atoms with E-state index in [0.717, 1.165) is 4.40 Å². The van der Waals surface area contributed by atoms with Crippen LogP contribution in [-0.2, 0) is 0 Å². The number of H-pyrrole nitrogens is 2. The van der Waals surface area contributed by atoms with E-state index < -0.39 is 11.4 Å². The van der Waals surface area contributed by atoms with Crippen LogP contribution in [0.15, 0.2) is 15.9 Å². The van der Waals surface area contributed by atoms with Crippen LogP contribution in [0.2, 0.25) is 0 Å². The van der Waals surface area contributed by atoms with Gasteiger partial charge in [0.15, 0.2) is 0 Å². The Bertz CT molecular complexity index is 491. The lowest BCUT2D eigenvalue weighted by molar-refractivity contribution is 0.906. The van der Waals surface area contributed by atoms with Crippen molar-refractivity contribution in [2.24, 2.45) is 0 Å². The minimum Gasteiger partial charge on any atom is -0.275 e. The number of aromatic nitrogens is 5. The van der Waals surface area contributed by atoms with Gasteiger partial charge in [-0.1, -0.05) is 0 Å². The van der Waals surface area contributed by atoms with E-state index in [-0.39, 0.29) is 5.78 Å². The first kappa shape index (κ1) is 5.83. The van der Waals surface area contributed by atoms with Gasteiger partial charge in [0, 0.05) is 0 Å². The molecule has 0 aliphatic carbocycles. The van der Waals surface area contributed by atoms with Gasteiger partial charge in [-0.2, -0.15) is 0 Å². The third-order valence-electron chi connectivity index (χ3n) is 1.21. The summed E-state index contributed by atoms with van der Waals surface area (Å²) in [5, 5.41) is 6.90. The summed E-state index contributed by atoms with van der Waals surface area (Å²) < 4.78 is 1.10. The largest absolute Gasteiger partial charge is 0.337 e. The molecule has 56 valence electrons. The summed E-state index contributed by atoms with van der Waals surface area (Å²) in [6, 6.07) is 0. The molecule has 0 radical (unpaired) electrons. The smallest absolute Gasteiger partial charge is 0.275 e. The molecule has 0 atom stereocenters. The predicted octanol–water partition coefficient (Wildman–Crippen LogP) is -1.89. The number of fused-ring (bicyclic) bond motifs is 1. The number of nitrogens with zero attached hydrogens (tertiary/aromatic N) is 3. The van der Waals surface area contributed by atoms with Crippen LogP contribution in [0.5, 0.6) is 0 Å². The van der Waals surface area contributed by atoms with Crippen molar-refractivity contribution in [2.75, 3.05) is 0 Å². The number of hydrogen-bond donors (Lipinski definition) is 2. The molecule has 2 rings (SSSR count). The summed E-state index contributed by atoms with van der Waals surface area (Å²) in [5.74, 6) is 0.138. The van der Waals surface area contributed by atoms with Crippen molar-refractivity contribution in [1.82, 2.24) is 24.6 Å². The predicted molar refractivity (Wildman–Crippen MR) is 34.2 cm³/mol. The molecule has 0 aromatic carbocycles. The Labute approximate surface area is 58.7 Å². The molecule has 2 N–H and O–H groups in total. The highest BCUT2D eigenvalue weighted by Gasteiger charge is 1.97. The Hall–Kier alpha value is -1.92. The van der Waals surface area contributed by atoms with Crippen LogP contribution >= 0.6 is 0 Å². The fraction of sp³-hybridized carbons (Fsp3) is 0. The fourth-order valence-electron chi connectivity index (χ4n) is 0.759. The molecule has 7 heteroatoms. The Morgan fingerprint density at radius 2 is 2.18 bits per heavy atom. The van der Waals surface area contributed by atoms with Gasteiger partial charge in [-0.3, -0.25) is 9.97 Å². The molecule has 0 saturated carbocycles. The highest BCUT2D eigenvalue weighted by Crippen LogP contribution is 1.79. The molecule has 2 heterocycles. The first-order valence-corrected chi connectivity index (χ1v) is 2.80. The van der Waals surface area contributed by atoms with Crippen molar-refractivity contribution >= 4 is 5.78 Å². The van der Waals surface area contributed by atoms with E-state index in [2.05, 4.69) is 15.2 Å². The quantitative estimate of drug-likeness (QED) is 0.462. The zero-order valence-electron chi connectivity index (χ0n) is 5.24. The second-order valence-corrected chi connectivity index (χ2v) is 1.91. The lowest BCUT2D eigenvalue weighted by atomic mass is 10.9. The zero-order valence-corrected chi connectivity index (χ0v) is 5.24. The van der Waals surface area contributed by atoms with Crippen molar-refractivity contribution in [1.29, 1.82) is 0 Å². The van der Waals surface area contributed by atoms with Crippen LogP contribution in [0, 0.1) is 0 Å². The maximum Gasteiger partial charge on any atom is 0.337 e. The summed E-state index contributed by atoms with van der Waals surface area (Å²) in [4.78, 5) is 25.8. The molecule has 0 saturated heterocycles. The molecule has 11 heavy (non-hydrogen) atoms. The minimum absolute atomic E-state index is 0.138.